The molecule has 2 fully saturated rings. The van der Waals surface area contributed by atoms with Gasteiger partial charge < -0.3 is 11.1 Å². The Morgan fingerprint density at radius 2 is 2.21 bits per heavy atom. The van der Waals surface area contributed by atoms with Crippen LogP contribution >= 0.6 is 11.6 Å². The van der Waals surface area contributed by atoms with Crippen molar-refractivity contribution in [1.29, 1.82) is 0 Å². The van der Waals surface area contributed by atoms with E-state index in [1.807, 2.05) is 0 Å². The molecule has 0 aromatic heterocycles. The zero-order chi connectivity index (χ0) is 13.4. The lowest BCUT2D eigenvalue weighted by molar-refractivity contribution is -0.117. The largest absolute Gasteiger partial charge is 0.398 e. The maximum absolute atomic E-state index is 12.1. The smallest absolute Gasteiger partial charge is 0.224 e. The molecule has 3 unspecified atom stereocenters. The van der Waals surface area contributed by atoms with Crippen LogP contribution in [0.25, 0.3) is 0 Å². The lowest BCUT2D eigenvalue weighted by atomic mass is 9.86. The average molecular weight is 279 g/mol. The van der Waals surface area contributed by atoms with E-state index < -0.39 is 0 Å². The number of carbonyl (C=O) groups excluding carboxylic acids is 1. The SMILES string of the molecule is Nc1ccc(NC(=O)CC2CC3CCC2C3)cc1Cl. The average Bonchev–Trinajstić information content (AvgIpc) is 2.96. The molecule has 1 amide bonds. The molecule has 3 atom stereocenters. The first-order chi connectivity index (χ1) is 9.11. The van der Waals surface area contributed by atoms with E-state index in [1.165, 1.54) is 25.7 Å². The second-order valence-corrected chi connectivity index (χ2v) is 6.33. The van der Waals surface area contributed by atoms with Gasteiger partial charge in [0, 0.05) is 12.1 Å². The maximum Gasteiger partial charge on any atom is 0.224 e. The molecule has 2 saturated carbocycles. The summed E-state index contributed by atoms with van der Waals surface area (Å²) in [6.07, 6.45) is 5.90. The summed E-state index contributed by atoms with van der Waals surface area (Å²) < 4.78 is 0. The van der Waals surface area contributed by atoms with Crippen molar-refractivity contribution in [3.05, 3.63) is 23.2 Å². The number of fused-ring (bicyclic) bond motifs is 2. The Morgan fingerprint density at radius 3 is 2.84 bits per heavy atom. The molecule has 2 aliphatic rings. The molecule has 0 aliphatic heterocycles. The van der Waals surface area contributed by atoms with E-state index in [4.69, 9.17) is 17.3 Å². The molecule has 2 aliphatic carbocycles. The predicted molar refractivity (Wildman–Crippen MR) is 78.0 cm³/mol. The summed E-state index contributed by atoms with van der Waals surface area (Å²) in [7, 11) is 0. The van der Waals surface area contributed by atoms with E-state index in [0.29, 0.717) is 23.0 Å². The van der Waals surface area contributed by atoms with Crippen molar-refractivity contribution in [2.24, 2.45) is 17.8 Å². The zero-order valence-electron chi connectivity index (χ0n) is 10.9. The van der Waals surface area contributed by atoms with Gasteiger partial charge in [-0.05, 0) is 55.2 Å². The highest BCUT2D eigenvalue weighted by atomic mass is 35.5. The lowest BCUT2D eigenvalue weighted by Gasteiger charge is -2.20. The van der Waals surface area contributed by atoms with Crippen LogP contribution in [0.1, 0.15) is 32.1 Å². The Kier molecular flexibility index (Phi) is 3.40. The quantitative estimate of drug-likeness (QED) is 0.829. The van der Waals surface area contributed by atoms with Gasteiger partial charge in [0.25, 0.3) is 0 Å². The molecule has 19 heavy (non-hydrogen) atoms. The van der Waals surface area contributed by atoms with Gasteiger partial charge in [-0.25, -0.2) is 0 Å². The maximum atomic E-state index is 12.1. The van der Waals surface area contributed by atoms with Gasteiger partial charge in [-0.2, -0.15) is 0 Å². The third-order valence-corrected chi connectivity index (χ3v) is 4.94. The van der Waals surface area contributed by atoms with Gasteiger partial charge in [-0.15, -0.1) is 0 Å². The Morgan fingerprint density at radius 1 is 1.37 bits per heavy atom. The third-order valence-electron chi connectivity index (χ3n) is 4.62. The number of nitrogens with two attached hydrogens (primary N) is 1. The number of hydrogen-bond donors (Lipinski definition) is 2. The normalized spacial score (nSPS) is 28.6. The highest BCUT2D eigenvalue weighted by Gasteiger charge is 2.40. The van der Waals surface area contributed by atoms with Crippen LogP contribution in [0.5, 0.6) is 0 Å². The van der Waals surface area contributed by atoms with Crippen molar-refractivity contribution in [3.8, 4) is 0 Å². The summed E-state index contributed by atoms with van der Waals surface area (Å²) in [5, 5.41) is 3.40. The molecule has 4 heteroatoms. The first-order valence-corrected chi connectivity index (χ1v) is 7.34. The van der Waals surface area contributed by atoms with Crippen LogP contribution < -0.4 is 11.1 Å². The van der Waals surface area contributed by atoms with Crippen LogP contribution in [0, 0.1) is 17.8 Å². The number of benzene rings is 1. The van der Waals surface area contributed by atoms with Gasteiger partial charge in [-0.1, -0.05) is 18.0 Å². The number of hydrogen-bond acceptors (Lipinski definition) is 2. The number of rotatable bonds is 3. The Labute approximate surface area is 118 Å². The van der Waals surface area contributed by atoms with Crippen molar-refractivity contribution in [2.75, 3.05) is 11.1 Å². The summed E-state index contributed by atoms with van der Waals surface area (Å²) in [4.78, 5) is 12.1. The molecule has 2 bridgehead atoms. The molecule has 1 aromatic carbocycles. The molecule has 1 aromatic rings. The molecule has 0 saturated heterocycles. The summed E-state index contributed by atoms with van der Waals surface area (Å²) in [6, 6.07) is 5.21. The molecule has 3 rings (SSSR count). The summed E-state index contributed by atoms with van der Waals surface area (Å²) >= 11 is 5.94. The number of nitrogens with one attached hydrogen (secondary N) is 1. The van der Waals surface area contributed by atoms with Crippen LogP contribution in [0.2, 0.25) is 5.02 Å². The minimum absolute atomic E-state index is 0.0957. The fraction of sp³-hybridized carbons (Fsp3) is 0.533. The minimum atomic E-state index is 0.0957. The Bertz CT molecular complexity index is 503. The highest BCUT2D eigenvalue weighted by molar-refractivity contribution is 6.33. The molecule has 3 N–H and O–H groups in total. The molecule has 0 radical (unpaired) electrons. The van der Waals surface area contributed by atoms with Gasteiger partial charge in [0.2, 0.25) is 5.91 Å². The van der Waals surface area contributed by atoms with Crippen LogP contribution in [-0.4, -0.2) is 5.91 Å². The van der Waals surface area contributed by atoms with Crippen LogP contribution in [0.15, 0.2) is 18.2 Å². The fourth-order valence-electron chi connectivity index (χ4n) is 3.68. The number of carbonyl (C=O) groups is 1. The second kappa shape index (κ2) is 5.04. The molecular weight excluding hydrogens is 260 g/mol. The Balaban J connectivity index is 1.57. The summed E-state index contributed by atoms with van der Waals surface area (Å²) in [6.45, 7) is 0. The number of amides is 1. The first-order valence-electron chi connectivity index (χ1n) is 6.96. The summed E-state index contributed by atoms with van der Waals surface area (Å²) in [5.74, 6) is 2.35. The molecule has 0 spiro atoms. The van der Waals surface area contributed by atoms with Gasteiger partial charge in [-0.3, -0.25) is 4.79 Å². The standard InChI is InChI=1S/C15H19ClN2O/c16-13-8-12(3-4-14(13)17)18-15(19)7-11-6-9-1-2-10(11)5-9/h3-4,8-11H,1-2,5-7,17H2,(H,18,19). The topological polar surface area (TPSA) is 55.1 Å². The first kappa shape index (κ1) is 12.8. The van der Waals surface area contributed by atoms with Gasteiger partial charge in [0.05, 0.1) is 10.7 Å². The predicted octanol–water partition coefficient (Wildman–Crippen LogP) is 3.69. The van der Waals surface area contributed by atoms with Crippen molar-refractivity contribution in [2.45, 2.75) is 32.1 Å². The minimum Gasteiger partial charge on any atom is -0.398 e. The van der Waals surface area contributed by atoms with E-state index in [0.717, 1.165) is 17.5 Å². The Hall–Kier alpha value is -1.22. The lowest BCUT2D eigenvalue weighted by Crippen LogP contribution is -2.20. The van der Waals surface area contributed by atoms with E-state index in [-0.39, 0.29) is 5.91 Å². The number of anilines is 2. The van der Waals surface area contributed by atoms with Crippen molar-refractivity contribution in [3.63, 3.8) is 0 Å². The monoisotopic (exact) mass is 278 g/mol. The highest BCUT2D eigenvalue weighted by Crippen LogP contribution is 2.49. The van der Waals surface area contributed by atoms with Crippen molar-refractivity contribution < 1.29 is 4.79 Å². The van der Waals surface area contributed by atoms with Gasteiger partial charge in [0.15, 0.2) is 0 Å². The fourth-order valence-corrected chi connectivity index (χ4v) is 3.86. The van der Waals surface area contributed by atoms with E-state index in [9.17, 15) is 4.79 Å². The zero-order valence-corrected chi connectivity index (χ0v) is 11.6. The van der Waals surface area contributed by atoms with E-state index in [2.05, 4.69) is 5.32 Å². The number of nitrogen functional groups attached to an aromatic ring is 1. The van der Waals surface area contributed by atoms with Crippen LogP contribution in [0.3, 0.4) is 0 Å². The third kappa shape index (κ3) is 2.71. The number of halogens is 1. The van der Waals surface area contributed by atoms with Gasteiger partial charge in [0.1, 0.15) is 0 Å². The van der Waals surface area contributed by atoms with Crippen molar-refractivity contribution in [1.82, 2.24) is 0 Å². The van der Waals surface area contributed by atoms with Crippen LogP contribution in [0.4, 0.5) is 11.4 Å². The molecule has 3 nitrogen and oxygen atoms in total. The molecule has 102 valence electrons. The second-order valence-electron chi connectivity index (χ2n) is 5.92. The summed E-state index contributed by atoms with van der Waals surface area (Å²) in [5.41, 5.74) is 6.91. The molecular formula is C15H19ClN2O. The van der Waals surface area contributed by atoms with Crippen molar-refractivity contribution >= 4 is 28.9 Å². The van der Waals surface area contributed by atoms with Crippen LogP contribution in [-0.2, 0) is 4.79 Å². The van der Waals surface area contributed by atoms with Gasteiger partial charge >= 0.3 is 0 Å². The molecule has 0 heterocycles. The van der Waals surface area contributed by atoms with E-state index in [1.54, 1.807) is 18.2 Å². The van der Waals surface area contributed by atoms with E-state index >= 15 is 0 Å².